The lowest BCUT2D eigenvalue weighted by molar-refractivity contribution is 0.0600. The fourth-order valence-corrected chi connectivity index (χ4v) is 3.95. The first-order valence-electron chi connectivity index (χ1n) is 10.6. The zero-order valence-corrected chi connectivity index (χ0v) is 18.5. The molecule has 33 heavy (non-hydrogen) atoms. The lowest BCUT2D eigenvalue weighted by Gasteiger charge is -2.38. The molecular formula is C23H26FN7O2. The third-order valence-electron chi connectivity index (χ3n) is 5.69. The largest absolute Gasteiger partial charge is 0.380 e. The summed E-state index contributed by atoms with van der Waals surface area (Å²) < 4.78 is 20.6. The summed E-state index contributed by atoms with van der Waals surface area (Å²) in [4.78, 5) is 26.8. The number of primary amides is 1. The molecule has 0 saturated carbocycles. The molecule has 2 aromatic heterocycles. The van der Waals surface area contributed by atoms with E-state index in [0.717, 1.165) is 11.6 Å². The van der Waals surface area contributed by atoms with E-state index in [4.69, 9.17) is 10.5 Å². The molecule has 1 aliphatic heterocycles. The van der Waals surface area contributed by atoms with Crippen LogP contribution < -0.4 is 21.3 Å². The van der Waals surface area contributed by atoms with Crippen molar-refractivity contribution in [2.24, 2.45) is 5.73 Å². The summed E-state index contributed by atoms with van der Waals surface area (Å²) in [5, 5.41) is 6.32. The van der Waals surface area contributed by atoms with Gasteiger partial charge >= 0.3 is 0 Å². The number of benzene rings is 1. The summed E-state index contributed by atoms with van der Waals surface area (Å²) in [6.07, 6.45) is 4.03. The van der Waals surface area contributed by atoms with Crippen molar-refractivity contribution in [1.29, 1.82) is 0 Å². The van der Waals surface area contributed by atoms with Gasteiger partial charge in [-0.05, 0) is 37.7 Å². The molecule has 0 aliphatic carbocycles. The number of aromatic nitrogens is 3. The van der Waals surface area contributed by atoms with Crippen molar-refractivity contribution in [3.63, 3.8) is 0 Å². The third-order valence-corrected chi connectivity index (χ3v) is 5.69. The molecule has 4 rings (SSSR count). The molecule has 0 radical (unpaired) electrons. The van der Waals surface area contributed by atoms with E-state index >= 15 is 4.39 Å². The highest BCUT2D eigenvalue weighted by atomic mass is 19.1. The van der Waals surface area contributed by atoms with Gasteiger partial charge in [0.25, 0.3) is 5.91 Å². The first-order valence-corrected chi connectivity index (χ1v) is 10.6. The van der Waals surface area contributed by atoms with Crippen LogP contribution in [0.4, 0.5) is 21.7 Å². The number of nitrogens with one attached hydrogen (secondary N) is 2. The van der Waals surface area contributed by atoms with Crippen molar-refractivity contribution >= 4 is 23.2 Å². The van der Waals surface area contributed by atoms with Gasteiger partial charge in [0.05, 0.1) is 18.2 Å². The first kappa shape index (κ1) is 22.6. The highest BCUT2D eigenvalue weighted by molar-refractivity contribution is 5.98. The maximum atomic E-state index is 15.0. The molecule has 172 valence electrons. The second-order valence-corrected chi connectivity index (χ2v) is 7.77. The van der Waals surface area contributed by atoms with E-state index in [1.54, 1.807) is 36.5 Å². The second kappa shape index (κ2) is 9.88. The molecule has 0 bridgehead atoms. The Hall–Kier alpha value is -3.63. The maximum absolute atomic E-state index is 15.0. The summed E-state index contributed by atoms with van der Waals surface area (Å²) >= 11 is 0. The fraction of sp³-hybridized carbons (Fsp3) is 0.304. The minimum Gasteiger partial charge on any atom is -0.380 e. The van der Waals surface area contributed by atoms with Gasteiger partial charge in [-0.3, -0.25) is 4.79 Å². The van der Waals surface area contributed by atoms with Crippen LogP contribution in [0.3, 0.4) is 0 Å². The number of pyridine rings is 1. The molecule has 1 fully saturated rings. The van der Waals surface area contributed by atoms with Gasteiger partial charge in [-0.1, -0.05) is 12.1 Å². The van der Waals surface area contributed by atoms with Crippen LogP contribution in [-0.2, 0) is 4.74 Å². The molecule has 3 heterocycles. The maximum Gasteiger partial charge on any atom is 0.252 e. The number of likely N-dealkylation sites (N-methyl/N-ethyl adjacent to an activating group) is 2. The summed E-state index contributed by atoms with van der Waals surface area (Å²) in [5.74, 6) is -0.548. The topological polar surface area (TPSA) is 118 Å². The van der Waals surface area contributed by atoms with Gasteiger partial charge < -0.3 is 26.0 Å². The van der Waals surface area contributed by atoms with Crippen molar-refractivity contribution in [1.82, 2.24) is 20.3 Å². The second-order valence-electron chi connectivity index (χ2n) is 7.77. The predicted molar refractivity (Wildman–Crippen MR) is 124 cm³/mol. The van der Waals surface area contributed by atoms with Crippen LogP contribution >= 0.6 is 0 Å². The van der Waals surface area contributed by atoms with Gasteiger partial charge in [0.15, 0.2) is 17.5 Å². The van der Waals surface area contributed by atoms with Crippen LogP contribution in [0.15, 0.2) is 48.8 Å². The lowest BCUT2D eigenvalue weighted by Crippen LogP contribution is -2.53. The van der Waals surface area contributed by atoms with E-state index in [-0.39, 0.29) is 29.3 Å². The Morgan fingerprint density at radius 3 is 2.76 bits per heavy atom. The number of amides is 1. The number of ether oxygens (including phenoxy) is 1. The van der Waals surface area contributed by atoms with Crippen molar-refractivity contribution in [3.8, 4) is 11.4 Å². The van der Waals surface area contributed by atoms with Crippen molar-refractivity contribution in [2.75, 3.05) is 37.5 Å². The molecule has 3 aromatic rings. The standard InChI is InChI=1S/C23H26FN7O2/c1-26-18-13-33-10-7-19(18)31(2)23-17(24)12-16(20(25)32)22(30-23)29-15-6-3-5-14(11-15)21-27-8-4-9-28-21/h3-6,8-9,11-12,18-19,26H,7,10,13H2,1-2H3,(H2,25,32)(H,29,30). The number of carbonyl (C=O) groups is 1. The van der Waals surface area contributed by atoms with Gasteiger partial charge in [0.1, 0.15) is 5.82 Å². The molecule has 1 amide bonds. The molecule has 0 spiro atoms. The van der Waals surface area contributed by atoms with Crippen LogP contribution in [0.1, 0.15) is 16.8 Å². The van der Waals surface area contributed by atoms with Crippen molar-refractivity contribution < 1.29 is 13.9 Å². The Balaban J connectivity index is 1.69. The zero-order valence-electron chi connectivity index (χ0n) is 18.5. The van der Waals surface area contributed by atoms with Gasteiger partial charge in [-0.25, -0.2) is 19.3 Å². The van der Waals surface area contributed by atoms with E-state index in [0.29, 0.717) is 31.1 Å². The molecule has 2 atom stereocenters. The van der Waals surface area contributed by atoms with Crippen molar-refractivity contribution in [3.05, 3.63) is 60.2 Å². The van der Waals surface area contributed by atoms with Crippen LogP contribution in [-0.4, -0.2) is 60.3 Å². The monoisotopic (exact) mass is 451 g/mol. The number of nitrogens with two attached hydrogens (primary N) is 1. The molecule has 1 aromatic carbocycles. The Labute approximate surface area is 191 Å². The highest BCUT2D eigenvalue weighted by Crippen LogP contribution is 2.29. The zero-order chi connectivity index (χ0) is 23.4. The van der Waals surface area contributed by atoms with E-state index in [1.165, 1.54) is 0 Å². The van der Waals surface area contributed by atoms with Gasteiger partial charge in [-0.15, -0.1) is 0 Å². The van der Waals surface area contributed by atoms with E-state index in [1.807, 2.05) is 25.2 Å². The average molecular weight is 452 g/mol. The Morgan fingerprint density at radius 2 is 2.03 bits per heavy atom. The molecule has 2 unspecified atom stereocenters. The Kier molecular flexibility index (Phi) is 6.76. The van der Waals surface area contributed by atoms with Gasteiger partial charge in [0, 0.05) is 43.3 Å². The smallest absolute Gasteiger partial charge is 0.252 e. The van der Waals surface area contributed by atoms with E-state index in [9.17, 15) is 4.79 Å². The predicted octanol–water partition coefficient (Wildman–Crippen LogP) is 2.33. The number of halogens is 1. The lowest BCUT2D eigenvalue weighted by atomic mass is 10.0. The summed E-state index contributed by atoms with van der Waals surface area (Å²) in [6, 6.07) is 10.2. The summed E-state index contributed by atoms with van der Waals surface area (Å²) in [7, 11) is 3.63. The van der Waals surface area contributed by atoms with Gasteiger partial charge in [0.2, 0.25) is 0 Å². The minimum atomic E-state index is -0.778. The fourth-order valence-electron chi connectivity index (χ4n) is 3.95. The van der Waals surface area contributed by atoms with Crippen LogP contribution in [0, 0.1) is 5.82 Å². The number of rotatable bonds is 7. The van der Waals surface area contributed by atoms with E-state index < -0.39 is 11.7 Å². The van der Waals surface area contributed by atoms with Crippen LogP contribution in [0.25, 0.3) is 11.4 Å². The van der Waals surface area contributed by atoms with Crippen LogP contribution in [0.2, 0.25) is 0 Å². The van der Waals surface area contributed by atoms with Crippen molar-refractivity contribution in [2.45, 2.75) is 18.5 Å². The minimum absolute atomic E-state index is 0.0136. The number of carbonyl (C=O) groups excluding carboxylic acids is 1. The van der Waals surface area contributed by atoms with E-state index in [2.05, 4.69) is 25.6 Å². The molecule has 1 saturated heterocycles. The number of hydrogen-bond acceptors (Lipinski definition) is 8. The van der Waals surface area contributed by atoms with Crippen LogP contribution in [0.5, 0.6) is 0 Å². The molecule has 1 aliphatic rings. The molecular weight excluding hydrogens is 425 g/mol. The average Bonchev–Trinajstić information content (AvgIpc) is 2.85. The quantitative estimate of drug-likeness (QED) is 0.501. The Morgan fingerprint density at radius 1 is 1.24 bits per heavy atom. The molecule has 9 nitrogen and oxygen atoms in total. The number of hydrogen-bond donors (Lipinski definition) is 3. The molecule has 4 N–H and O–H groups in total. The normalized spacial score (nSPS) is 18.0. The summed E-state index contributed by atoms with van der Waals surface area (Å²) in [6.45, 7) is 1.10. The highest BCUT2D eigenvalue weighted by Gasteiger charge is 2.31. The number of nitrogens with zero attached hydrogens (tertiary/aromatic N) is 4. The Bertz CT molecular complexity index is 1130. The summed E-state index contributed by atoms with van der Waals surface area (Å²) in [5.41, 5.74) is 6.90. The molecule has 10 heteroatoms. The SMILES string of the molecule is CNC1COCCC1N(C)c1nc(Nc2cccc(-c3ncccn3)c2)c(C(N)=O)cc1F. The van der Waals surface area contributed by atoms with Gasteiger partial charge in [-0.2, -0.15) is 0 Å². The number of anilines is 3. The third kappa shape index (κ3) is 4.91. The first-order chi connectivity index (χ1) is 16.0.